The molecule has 2 N–H and O–H groups in total. The fourth-order valence-corrected chi connectivity index (χ4v) is 2.04. The van der Waals surface area contributed by atoms with Crippen LogP contribution in [0, 0.1) is 0 Å². The van der Waals surface area contributed by atoms with E-state index >= 15 is 0 Å². The van der Waals surface area contributed by atoms with Crippen LogP contribution in [0.25, 0.3) is 0 Å². The van der Waals surface area contributed by atoms with Crippen molar-refractivity contribution < 1.29 is 19.0 Å². The van der Waals surface area contributed by atoms with Crippen molar-refractivity contribution in [3.05, 3.63) is 23.8 Å². The maximum atomic E-state index is 11.5. The van der Waals surface area contributed by atoms with Gasteiger partial charge in [-0.3, -0.25) is 0 Å². The van der Waals surface area contributed by atoms with Gasteiger partial charge in [-0.25, -0.2) is 4.79 Å². The zero-order valence-corrected chi connectivity index (χ0v) is 12.3. The number of ether oxygens (including phenoxy) is 3. The smallest absolute Gasteiger partial charge is 0.314 e. The molecule has 0 aliphatic carbocycles. The first-order chi connectivity index (χ1) is 10.3. The molecule has 6 nitrogen and oxygen atoms in total. The Kier molecular flexibility index (Phi) is 6.15. The van der Waals surface area contributed by atoms with Crippen molar-refractivity contribution in [1.82, 2.24) is 10.6 Å². The lowest BCUT2D eigenvalue weighted by atomic mass is 10.1. The van der Waals surface area contributed by atoms with Gasteiger partial charge in [-0.15, -0.1) is 0 Å². The van der Waals surface area contributed by atoms with Crippen molar-refractivity contribution >= 4 is 6.03 Å². The molecule has 21 heavy (non-hydrogen) atoms. The Labute approximate surface area is 124 Å². The normalized spacial score (nSPS) is 12.8. The Morgan fingerprint density at radius 2 is 1.95 bits per heavy atom. The predicted octanol–water partition coefficient (Wildman–Crippen LogP) is 1.34. The Morgan fingerprint density at radius 1 is 1.19 bits per heavy atom. The van der Waals surface area contributed by atoms with Crippen LogP contribution in [0.5, 0.6) is 11.5 Å². The molecule has 2 rings (SSSR count). The van der Waals surface area contributed by atoms with E-state index in [1.165, 1.54) is 0 Å². The van der Waals surface area contributed by atoms with E-state index in [4.69, 9.17) is 14.2 Å². The number of benzene rings is 1. The van der Waals surface area contributed by atoms with E-state index in [0.29, 0.717) is 32.9 Å². The van der Waals surface area contributed by atoms with Crippen LogP contribution >= 0.6 is 0 Å². The molecule has 116 valence electrons. The van der Waals surface area contributed by atoms with E-state index in [1.54, 1.807) is 7.11 Å². The van der Waals surface area contributed by atoms with Gasteiger partial charge in [0.2, 0.25) is 0 Å². The molecule has 1 aliphatic rings. The summed E-state index contributed by atoms with van der Waals surface area (Å²) in [5.41, 5.74) is 1.11. The molecule has 0 radical (unpaired) electrons. The molecular formula is C15H22N2O4. The summed E-state index contributed by atoms with van der Waals surface area (Å²) < 4.78 is 15.9. The Hall–Kier alpha value is -1.95. The van der Waals surface area contributed by atoms with E-state index in [-0.39, 0.29) is 6.03 Å². The van der Waals surface area contributed by atoms with Gasteiger partial charge in [0.1, 0.15) is 13.2 Å². The number of fused-ring (bicyclic) bond motifs is 1. The van der Waals surface area contributed by atoms with Crippen LogP contribution in [-0.2, 0) is 11.2 Å². The molecule has 0 unspecified atom stereocenters. The minimum Gasteiger partial charge on any atom is -0.486 e. The summed E-state index contributed by atoms with van der Waals surface area (Å²) >= 11 is 0. The van der Waals surface area contributed by atoms with Gasteiger partial charge in [0.15, 0.2) is 11.5 Å². The average molecular weight is 294 g/mol. The van der Waals surface area contributed by atoms with E-state index in [2.05, 4.69) is 10.6 Å². The number of amides is 2. The van der Waals surface area contributed by atoms with Crippen molar-refractivity contribution in [1.29, 1.82) is 0 Å². The molecule has 1 heterocycles. The van der Waals surface area contributed by atoms with Crippen LogP contribution in [-0.4, -0.2) is 46.1 Å². The number of methoxy groups -OCH3 is 1. The summed E-state index contributed by atoms with van der Waals surface area (Å²) in [6.07, 6.45) is 1.56. The third-order valence-corrected chi connectivity index (χ3v) is 3.12. The molecule has 2 amide bonds. The maximum absolute atomic E-state index is 11.5. The second kappa shape index (κ2) is 8.36. The molecule has 1 aromatic carbocycles. The number of rotatable bonds is 7. The van der Waals surface area contributed by atoms with Gasteiger partial charge in [0.25, 0.3) is 0 Å². The van der Waals surface area contributed by atoms with Gasteiger partial charge in [0, 0.05) is 26.8 Å². The molecule has 0 aromatic heterocycles. The molecule has 0 saturated heterocycles. The lowest BCUT2D eigenvalue weighted by Crippen LogP contribution is -2.37. The Balaban J connectivity index is 1.67. The molecular weight excluding hydrogens is 272 g/mol. The van der Waals surface area contributed by atoms with Crippen LogP contribution in [0.15, 0.2) is 18.2 Å². The average Bonchev–Trinajstić information content (AvgIpc) is 2.51. The molecule has 0 fully saturated rings. The second-order valence-corrected chi connectivity index (χ2v) is 4.76. The highest BCUT2D eigenvalue weighted by atomic mass is 16.6. The highest BCUT2D eigenvalue weighted by Crippen LogP contribution is 2.30. The molecule has 1 aromatic rings. The summed E-state index contributed by atoms with van der Waals surface area (Å²) in [5, 5.41) is 5.60. The van der Waals surface area contributed by atoms with Crippen LogP contribution in [0.4, 0.5) is 4.79 Å². The summed E-state index contributed by atoms with van der Waals surface area (Å²) in [6, 6.07) is 5.72. The Morgan fingerprint density at radius 3 is 2.76 bits per heavy atom. The highest BCUT2D eigenvalue weighted by molar-refractivity contribution is 5.73. The first kappa shape index (κ1) is 15.4. The van der Waals surface area contributed by atoms with Crippen LogP contribution < -0.4 is 20.1 Å². The summed E-state index contributed by atoms with van der Waals surface area (Å²) in [6.45, 7) is 3.02. The zero-order valence-electron chi connectivity index (χ0n) is 12.3. The molecule has 0 bridgehead atoms. The standard InChI is InChI=1S/C15H22N2O4/c1-19-8-2-6-16-15(18)17-7-5-12-3-4-13-14(11-12)21-10-9-20-13/h3-4,11H,2,5-10H2,1H3,(H2,16,17,18). The molecule has 0 atom stereocenters. The van der Waals surface area contributed by atoms with Gasteiger partial charge >= 0.3 is 6.03 Å². The third-order valence-electron chi connectivity index (χ3n) is 3.12. The molecule has 0 saturated carbocycles. The molecule has 0 spiro atoms. The largest absolute Gasteiger partial charge is 0.486 e. The maximum Gasteiger partial charge on any atom is 0.314 e. The number of hydrogen-bond acceptors (Lipinski definition) is 4. The number of carbonyl (C=O) groups excluding carboxylic acids is 1. The van der Waals surface area contributed by atoms with Crippen LogP contribution in [0.3, 0.4) is 0 Å². The summed E-state index contributed by atoms with van der Waals surface area (Å²) in [7, 11) is 1.65. The van der Waals surface area contributed by atoms with E-state index < -0.39 is 0 Å². The SMILES string of the molecule is COCCCNC(=O)NCCc1ccc2c(c1)OCCO2. The quantitative estimate of drug-likeness (QED) is 0.745. The third kappa shape index (κ3) is 5.15. The summed E-state index contributed by atoms with van der Waals surface area (Å²) in [5.74, 6) is 1.57. The van der Waals surface area contributed by atoms with Gasteiger partial charge in [-0.2, -0.15) is 0 Å². The van der Waals surface area contributed by atoms with Gasteiger partial charge in [0.05, 0.1) is 0 Å². The minimum absolute atomic E-state index is 0.149. The number of hydrogen-bond donors (Lipinski definition) is 2. The van der Waals surface area contributed by atoms with E-state index in [0.717, 1.165) is 29.9 Å². The zero-order chi connectivity index (χ0) is 14.9. The lowest BCUT2D eigenvalue weighted by molar-refractivity contribution is 0.171. The first-order valence-electron chi connectivity index (χ1n) is 7.19. The fourth-order valence-electron chi connectivity index (χ4n) is 2.04. The minimum atomic E-state index is -0.149. The van der Waals surface area contributed by atoms with E-state index in [9.17, 15) is 4.79 Å². The topological polar surface area (TPSA) is 68.8 Å². The second-order valence-electron chi connectivity index (χ2n) is 4.76. The first-order valence-corrected chi connectivity index (χ1v) is 7.19. The fraction of sp³-hybridized carbons (Fsp3) is 0.533. The molecule has 6 heteroatoms. The van der Waals surface area contributed by atoms with Gasteiger partial charge in [-0.1, -0.05) is 6.07 Å². The van der Waals surface area contributed by atoms with Crippen LogP contribution in [0.2, 0.25) is 0 Å². The predicted molar refractivity (Wildman–Crippen MR) is 79.0 cm³/mol. The summed E-state index contributed by atoms with van der Waals surface area (Å²) in [4.78, 5) is 11.5. The Bertz CT molecular complexity index is 465. The number of nitrogens with one attached hydrogen (secondary N) is 2. The van der Waals surface area contributed by atoms with Crippen molar-refractivity contribution in [2.75, 3.05) is 40.0 Å². The number of carbonyl (C=O) groups is 1. The number of urea groups is 1. The van der Waals surface area contributed by atoms with Crippen molar-refractivity contribution in [3.63, 3.8) is 0 Å². The van der Waals surface area contributed by atoms with Crippen molar-refractivity contribution in [3.8, 4) is 11.5 Å². The molecule has 1 aliphatic heterocycles. The van der Waals surface area contributed by atoms with E-state index in [1.807, 2.05) is 18.2 Å². The van der Waals surface area contributed by atoms with Gasteiger partial charge in [-0.05, 0) is 30.5 Å². The lowest BCUT2D eigenvalue weighted by Gasteiger charge is -2.18. The van der Waals surface area contributed by atoms with Gasteiger partial charge < -0.3 is 24.8 Å². The monoisotopic (exact) mass is 294 g/mol. The van der Waals surface area contributed by atoms with Crippen molar-refractivity contribution in [2.45, 2.75) is 12.8 Å². The highest BCUT2D eigenvalue weighted by Gasteiger charge is 2.11. The van der Waals surface area contributed by atoms with Crippen molar-refractivity contribution in [2.24, 2.45) is 0 Å². The van der Waals surface area contributed by atoms with Crippen LogP contribution in [0.1, 0.15) is 12.0 Å².